The molecule has 0 unspecified atom stereocenters. The van der Waals surface area contributed by atoms with Crippen LogP contribution in [-0.4, -0.2) is 13.4 Å². The SMILES string of the molecule is Nc1ncccc1S(=O)(=O)Nc1ccc(Br)cc1. The zero-order valence-electron chi connectivity index (χ0n) is 9.17. The summed E-state index contributed by atoms with van der Waals surface area (Å²) in [6.45, 7) is 0. The van der Waals surface area contributed by atoms with Gasteiger partial charge in [0.15, 0.2) is 0 Å². The molecular formula is C11H10BrN3O2S. The Hall–Kier alpha value is -1.60. The van der Waals surface area contributed by atoms with E-state index in [0.29, 0.717) is 5.69 Å². The third-order valence-electron chi connectivity index (χ3n) is 2.19. The van der Waals surface area contributed by atoms with Crippen molar-refractivity contribution in [1.82, 2.24) is 4.98 Å². The van der Waals surface area contributed by atoms with E-state index >= 15 is 0 Å². The van der Waals surface area contributed by atoms with Crippen molar-refractivity contribution in [2.75, 3.05) is 10.5 Å². The van der Waals surface area contributed by atoms with Crippen LogP contribution in [0.25, 0.3) is 0 Å². The minimum Gasteiger partial charge on any atom is -0.383 e. The first-order chi connectivity index (χ1) is 8.49. The first kappa shape index (κ1) is 12.8. The molecule has 0 saturated heterocycles. The van der Waals surface area contributed by atoms with E-state index in [1.165, 1.54) is 18.3 Å². The number of nitrogens with two attached hydrogens (primary N) is 1. The molecule has 5 nitrogen and oxygen atoms in total. The molecular weight excluding hydrogens is 318 g/mol. The molecule has 2 rings (SSSR count). The van der Waals surface area contributed by atoms with Gasteiger partial charge in [-0.1, -0.05) is 15.9 Å². The molecule has 1 heterocycles. The quantitative estimate of drug-likeness (QED) is 0.905. The smallest absolute Gasteiger partial charge is 0.265 e. The van der Waals surface area contributed by atoms with Crippen LogP contribution in [0.3, 0.4) is 0 Å². The number of hydrogen-bond acceptors (Lipinski definition) is 4. The molecule has 0 spiro atoms. The van der Waals surface area contributed by atoms with E-state index in [9.17, 15) is 8.42 Å². The van der Waals surface area contributed by atoms with Crippen molar-refractivity contribution in [3.63, 3.8) is 0 Å². The number of benzene rings is 1. The molecule has 0 amide bonds. The van der Waals surface area contributed by atoms with Gasteiger partial charge in [-0.25, -0.2) is 13.4 Å². The van der Waals surface area contributed by atoms with Crippen LogP contribution in [0.5, 0.6) is 0 Å². The third-order valence-corrected chi connectivity index (χ3v) is 4.14. The molecule has 0 saturated carbocycles. The summed E-state index contributed by atoms with van der Waals surface area (Å²) in [4.78, 5) is 3.72. The number of aromatic nitrogens is 1. The van der Waals surface area contributed by atoms with Crippen LogP contribution >= 0.6 is 15.9 Å². The summed E-state index contributed by atoms with van der Waals surface area (Å²) >= 11 is 3.27. The van der Waals surface area contributed by atoms with Crippen molar-refractivity contribution in [3.8, 4) is 0 Å². The number of nitrogen functional groups attached to an aromatic ring is 1. The van der Waals surface area contributed by atoms with Crippen molar-refractivity contribution < 1.29 is 8.42 Å². The van der Waals surface area contributed by atoms with Crippen LogP contribution < -0.4 is 10.5 Å². The van der Waals surface area contributed by atoms with E-state index in [-0.39, 0.29) is 10.7 Å². The number of hydrogen-bond donors (Lipinski definition) is 2. The highest BCUT2D eigenvalue weighted by atomic mass is 79.9. The van der Waals surface area contributed by atoms with Gasteiger partial charge in [0.2, 0.25) is 0 Å². The Balaban J connectivity index is 2.33. The first-order valence-corrected chi connectivity index (χ1v) is 7.25. The number of nitrogens with zero attached hydrogens (tertiary/aromatic N) is 1. The van der Waals surface area contributed by atoms with Gasteiger partial charge in [0.05, 0.1) is 0 Å². The lowest BCUT2D eigenvalue weighted by Gasteiger charge is -2.09. The maximum absolute atomic E-state index is 12.1. The van der Waals surface area contributed by atoms with Crippen LogP contribution in [0.15, 0.2) is 52.0 Å². The Morgan fingerprint density at radius 3 is 2.44 bits per heavy atom. The molecule has 0 aliphatic rings. The largest absolute Gasteiger partial charge is 0.383 e. The van der Waals surface area contributed by atoms with E-state index < -0.39 is 10.0 Å². The maximum Gasteiger partial charge on any atom is 0.265 e. The summed E-state index contributed by atoms with van der Waals surface area (Å²) < 4.78 is 27.4. The van der Waals surface area contributed by atoms with Gasteiger partial charge in [0.25, 0.3) is 10.0 Å². The molecule has 2 aromatic rings. The normalized spacial score (nSPS) is 11.2. The minimum atomic E-state index is -3.71. The molecule has 0 aliphatic carbocycles. The van der Waals surface area contributed by atoms with Crippen LogP contribution in [0, 0.1) is 0 Å². The van der Waals surface area contributed by atoms with E-state index in [4.69, 9.17) is 5.73 Å². The molecule has 0 atom stereocenters. The van der Waals surface area contributed by atoms with Gasteiger partial charge in [-0.05, 0) is 36.4 Å². The van der Waals surface area contributed by atoms with Crippen LogP contribution in [0.1, 0.15) is 0 Å². The number of nitrogens with one attached hydrogen (secondary N) is 1. The fourth-order valence-corrected chi connectivity index (χ4v) is 2.76. The van der Waals surface area contributed by atoms with E-state index in [2.05, 4.69) is 25.6 Å². The molecule has 18 heavy (non-hydrogen) atoms. The second-order valence-corrected chi connectivity index (χ2v) is 6.07. The highest BCUT2D eigenvalue weighted by Gasteiger charge is 2.17. The number of sulfonamides is 1. The molecule has 7 heteroatoms. The topological polar surface area (TPSA) is 85.1 Å². The van der Waals surface area contributed by atoms with Crippen molar-refractivity contribution >= 4 is 37.5 Å². The fourth-order valence-electron chi connectivity index (χ4n) is 1.36. The molecule has 0 fully saturated rings. The fraction of sp³-hybridized carbons (Fsp3) is 0. The number of rotatable bonds is 3. The Morgan fingerprint density at radius 1 is 1.17 bits per heavy atom. The Kier molecular flexibility index (Phi) is 3.53. The predicted octanol–water partition coefficient (Wildman–Crippen LogP) is 2.23. The van der Waals surface area contributed by atoms with Gasteiger partial charge >= 0.3 is 0 Å². The molecule has 0 bridgehead atoms. The summed E-state index contributed by atoms with van der Waals surface area (Å²) in [5, 5.41) is 0. The summed E-state index contributed by atoms with van der Waals surface area (Å²) in [6, 6.07) is 9.70. The molecule has 94 valence electrons. The first-order valence-electron chi connectivity index (χ1n) is 4.98. The van der Waals surface area contributed by atoms with E-state index in [1.54, 1.807) is 24.3 Å². The van der Waals surface area contributed by atoms with Crippen LogP contribution in [0.2, 0.25) is 0 Å². The highest BCUT2D eigenvalue weighted by molar-refractivity contribution is 9.10. The van der Waals surface area contributed by atoms with E-state index in [1.807, 2.05) is 0 Å². The van der Waals surface area contributed by atoms with E-state index in [0.717, 1.165) is 4.47 Å². The lowest BCUT2D eigenvalue weighted by Crippen LogP contribution is -2.15. The van der Waals surface area contributed by atoms with Gasteiger partial charge in [-0.3, -0.25) is 4.72 Å². The van der Waals surface area contributed by atoms with Crippen molar-refractivity contribution in [1.29, 1.82) is 0 Å². The summed E-state index contributed by atoms with van der Waals surface area (Å²) in [7, 11) is -3.71. The van der Waals surface area contributed by atoms with Crippen LogP contribution in [-0.2, 0) is 10.0 Å². The summed E-state index contributed by atoms with van der Waals surface area (Å²) in [5.41, 5.74) is 6.01. The minimum absolute atomic E-state index is 0.0258. The Labute approximate surface area is 113 Å². The second kappa shape index (κ2) is 4.95. The second-order valence-electron chi connectivity index (χ2n) is 3.50. The summed E-state index contributed by atoms with van der Waals surface area (Å²) in [6.07, 6.45) is 1.44. The molecule has 1 aromatic carbocycles. The van der Waals surface area contributed by atoms with Gasteiger partial charge in [0.1, 0.15) is 10.7 Å². The molecule has 0 aliphatic heterocycles. The average molecular weight is 328 g/mol. The third kappa shape index (κ3) is 2.80. The monoisotopic (exact) mass is 327 g/mol. The van der Waals surface area contributed by atoms with Gasteiger partial charge in [0, 0.05) is 16.4 Å². The highest BCUT2D eigenvalue weighted by Crippen LogP contribution is 2.20. The van der Waals surface area contributed by atoms with Crippen molar-refractivity contribution in [2.45, 2.75) is 4.90 Å². The summed E-state index contributed by atoms with van der Waals surface area (Å²) in [5.74, 6) is -0.0258. The molecule has 1 aromatic heterocycles. The number of halogens is 1. The van der Waals surface area contributed by atoms with Crippen molar-refractivity contribution in [2.24, 2.45) is 0 Å². The molecule has 3 N–H and O–H groups in total. The Morgan fingerprint density at radius 2 is 1.83 bits per heavy atom. The Bertz CT molecular complexity index is 656. The zero-order valence-corrected chi connectivity index (χ0v) is 11.6. The van der Waals surface area contributed by atoms with Crippen LogP contribution in [0.4, 0.5) is 11.5 Å². The standard InChI is InChI=1S/C11H10BrN3O2S/c12-8-3-5-9(6-4-8)15-18(16,17)10-2-1-7-14-11(10)13/h1-7,15H,(H2,13,14). The average Bonchev–Trinajstić information content (AvgIpc) is 2.32. The predicted molar refractivity (Wildman–Crippen MR) is 73.6 cm³/mol. The van der Waals surface area contributed by atoms with Crippen molar-refractivity contribution in [3.05, 3.63) is 47.1 Å². The van der Waals surface area contributed by atoms with Gasteiger partial charge in [-0.15, -0.1) is 0 Å². The number of pyridine rings is 1. The number of anilines is 2. The van der Waals surface area contributed by atoms with Gasteiger partial charge in [-0.2, -0.15) is 0 Å². The maximum atomic E-state index is 12.1. The lowest BCUT2D eigenvalue weighted by atomic mass is 10.3. The zero-order chi connectivity index (χ0) is 13.2. The lowest BCUT2D eigenvalue weighted by molar-refractivity contribution is 0.601. The van der Waals surface area contributed by atoms with Gasteiger partial charge < -0.3 is 5.73 Å². The molecule has 0 radical (unpaired) electrons.